The van der Waals surface area contributed by atoms with Crippen LogP contribution in [0.25, 0.3) is 0 Å². The van der Waals surface area contributed by atoms with Crippen LogP contribution in [0, 0.1) is 5.92 Å². The average molecular weight is 357 g/mol. The third kappa shape index (κ3) is 3.59. The summed E-state index contributed by atoms with van der Waals surface area (Å²) in [7, 11) is 0. The summed E-state index contributed by atoms with van der Waals surface area (Å²) in [6.07, 6.45) is 5.13. The van der Waals surface area contributed by atoms with Crippen molar-refractivity contribution >= 4 is 23.5 Å². The second-order valence-electron chi connectivity index (χ2n) is 6.85. The maximum atomic E-state index is 10.4. The molecule has 2 aliphatic rings. The van der Waals surface area contributed by atoms with Gasteiger partial charge in [-0.2, -0.15) is 0 Å². The molecule has 1 fully saturated rings. The molecule has 0 saturated carbocycles. The zero-order valence-corrected chi connectivity index (χ0v) is 14.7. The number of β-amino-alcohol motifs (C(OH)–C–C–N with tert-alkyl or cyclic N) is 1. The topological polar surface area (TPSA) is 61.6 Å². The van der Waals surface area contributed by atoms with Crippen LogP contribution in [0.5, 0.6) is 0 Å². The number of aryl methyl sites for hydroxylation is 1. The van der Waals surface area contributed by atoms with Gasteiger partial charge in [-0.05, 0) is 24.3 Å². The van der Waals surface area contributed by atoms with Gasteiger partial charge in [-0.3, -0.25) is 9.89 Å². The van der Waals surface area contributed by atoms with E-state index in [1.807, 2.05) is 12.3 Å². The Hall–Kier alpha value is -1.82. The Balaban J connectivity index is 1.35. The van der Waals surface area contributed by atoms with Gasteiger partial charge in [0.15, 0.2) is 5.15 Å². The summed E-state index contributed by atoms with van der Waals surface area (Å²) >= 11 is 6.08. The lowest BCUT2D eigenvalue weighted by atomic mass is 9.97. The lowest BCUT2D eigenvalue weighted by molar-refractivity contribution is 0.138. The van der Waals surface area contributed by atoms with E-state index in [0.717, 1.165) is 31.6 Å². The first-order valence-electron chi connectivity index (χ1n) is 8.69. The van der Waals surface area contributed by atoms with Crippen molar-refractivity contribution < 1.29 is 5.11 Å². The number of aromatic nitrogens is 2. The quantitative estimate of drug-likeness (QED) is 0.837. The van der Waals surface area contributed by atoms with E-state index in [0.29, 0.717) is 23.3 Å². The molecule has 0 aliphatic carbocycles. The molecule has 2 aromatic rings. The van der Waals surface area contributed by atoms with E-state index in [4.69, 9.17) is 11.6 Å². The molecule has 1 unspecified atom stereocenters. The van der Waals surface area contributed by atoms with Crippen molar-refractivity contribution in [1.29, 1.82) is 0 Å². The van der Waals surface area contributed by atoms with Crippen LogP contribution in [0.2, 0.25) is 5.15 Å². The summed E-state index contributed by atoms with van der Waals surface area (Å²) in [6.45, 7) is 2.42. The van der Waals surface area contributed by atoms with Gasteiger partial charge in [-0.25, -0.2) is 9.97 Å². The molecule has 3 atom stereocenters. The van der Waals surface area contributed by atoms with Gasteiger partial charge in [-0.15, -0.1) is 0 Å². The highest BCUT2D eigenvalue weighted by molar-refractivity contribution is 6.32. The van der Waals surface area contributed by atoms with Crippen LogP contribution in [0.3, 0.4) is 0 Å². The number of benzene rings is 1. The largest absolute Gasteiger partial charge is 0.391 e. The number of fused-ring (bicyclic) bond motifs is 1. The molecule has 3 heterocycles. The Kier molecular flexibility index (Phi) is 4.79. The third-order valence-electron chi connectivity index (χ3n) is 5.12. The van der Waals surface area contributed by atoms with Crippen LogP contribution in [0.1, 0.15) is 23.6 Å². The molecule has 1 aromatic carbocycles. The SMILES string of the molecule is O[C@H]1CN(CC2C=Nc3c(Cl)ncnc32)C[C@@H]1CCc1ccccc1. The number of likely N-dealkylation sites (tertiary alicyclic amines) is 1. The summed E-state index contributed by atoms with van der Waals surface area (Å²) < 4.78 is 0. The maximum Gasteiger partial charge on any atom is 0.158 e. The smallest absolute Gasteiger partial charge is 0.158 e. The highest BCUT2D eigenvalue weighted by Crippen LogP contribution is 2.36. The molecule has 1 saturated heterocycles. The third-order valence-corrected chi connectivity index (χ3v) is 5.40. The highest BCUT2D eigenvalue weighted by Gasteiger charge is 2.33. The fraction of sp³-hybridized carbons (Fsp3) is 0.421. The van der Waals surface area contributed by atoms with Crippen molar-refractivity contribution in [2.75, 3.05) is 19.6 Å². The zero-order chi connectivity index (χ0) is 17.2. The predicted octanol–water partition coefficient (Wildman–Crippen LogP) is 2.86. The van der Waals surface area contributed by atoms with E-state index in [2.05, 4.69) is 44.1 Å². The number of aliphatic hydroxyl groups excluding tert-OH is 1. The molecular formula is C19H21ClN4O. The van der Waals surface area contributed by atoms with Crippen molar-refractivity contribution in [3.05, 3.63) is 53.1 Å². The van der Waals surface area contributed by atoms with Crippen molar-refractivity contribution in [3.8, 4) is 0 Å². The predicted molar refractivity (Wildman–Crippen MR) is 98.6 cm³/mol. The monoisotopic (exact) mass is 356 g/mol. The van der Waals surface area contributed by atoms with E-state index in [1.165, 1.54) is 11.9 Å². The lowest BCUT2D eigenvalue weighted by Crippen LogP contribution is -2.27. The molecule has 0 radical (unpaired) electrons. The van der Waals surface area contributed by atoms with Crippen LogP contribution < -0.4 is 0 Å². The van der Waals surface area contributed by atoms with Gasteiger partial charge in [0.2, 0.25) is 0 Å². The fourth-order valence-electron chi connectivity index (χ4n) is 3.78. The Bertz CT molecular complexity index is 767. The second kappa shape index (κ2) is 7.20. The Labute approximate surface area is 152 Å². The van der Waals surface area contributed by atoms with E-state index in [1.54, 1.807) is 0 Å². The molecule has 0 amide bonds. The highest BCUT2D eigenvalue weighted by atomic mass is 35.5. The van der Waals surface area contributed by atoms with E-state index in [-0.39, 0.29) is 12.0 Å². The number of nitrogens with zero attached hydrogens (tertiary/aromatic N) is 4. The van der Waals surface area contributed by atoms with E-state index < -0.39 is 0 Å². The van der Waals surface area contributed by atoms with Gasteiger partial charge >= 0.3 is 0 Å². The van der Waals surface area contributed by atoms with Crippen molar-refractivity contribution in [2.24, 2.45) is 10.9 Å². The number of halogens is 1. The first-order valence-corrected chi connectivity index (χ1v) is 9.07. The molecule has 2 aliphatic heterocycles. The first kappa shape index (κ1) is 16.6. The molecular weight excluding hydrogens is 336 g/mol. The molecule has 6 heteroatoms. The van der Waals surface area contributed by atoms with E-state index >= 15 is 0 Å². The van der Waals surface area contributed by atoms with Gasteiger partial charge in [0.05, 0.1) is 17.7 Å². The van der Waals surface area contributed by atoms with Crippen LogP contribution in [-0.4, -0.2) is 51.9 Å². The minimum absolute atomic E-state index is 0.121. The van der Waals surface area contributed by atoms with Crippen LogP contribution in [0.15, 0.2) is 41.7 Å². The number of aliphatic hydroxyl groups is 1. The van der Waals surface area contributed by atoms with E-state index in [9.17, 15) is 5.11 Å². The summed E-state index contributed by atoms with van der Waals surface area (Å²) in [5.74, 6) is 0.433. The Morgan fingerprint density at radius 1 is 1.16 bits per heavy atom. The van der Waals surface area contributed by atoms with Gasteiger partial charge in [0.1, 0.15) is 12.0 Å². The maximum absolute atomic E-state index is 10.4. The summed E-state index contributed by atoms with van der Waals surface area (Å²) in [6, 6.07) is 10.5. The van der Waals surface area contributed by atoms with Gasteiger partial charge in [0, 0.05) is 25.8 Å². The summed E-state index contributed by atoms with van der Waals surface area (Å²) in [4.78, 5) is 15.0. The van der Waals surface area contributed by atoms with Crippen molar-refractivity contribution in [2.45, 2.75) is 24.9 Å². The van der Waals surface area contributed by atoms with Crippen molar-refractivity contribution in [3.63, 3.8) is 0 Å². The van der Waals surface area contributed by atoms with Crippen LogP contribution >= 0.6 is 11.6 Å². The van der Waals surface area contributed by atoms with Crippen LogP contribution in [-0.2, 0) is 6.42 Å². The first-order chi connectivity index (χ1) is 12.2. The molecule has 0 spiro atoms. The average Bonchev–Trinajstić information content (AvgIpc) is 3.19. The van der Waals surface area contributed by atoms with Gasteiger partial charge in [-0.1, -0.05) is 41.9 Å². The Morgan fingerprint density at radius 2 is 2.00 bits per heavy atom. The molecule has 5 nitrogen and oxygen atoms in total. The second-order valence-corrected chi connectivity index (χ2v) is 7.21. The number of hydrogen-bond donors (Lipinski definition) is 1. The van der Waals surface area contributed by atoms with Crippen LogP contribution in [0.4, 0.5) is 5.69 Å². The number of rotatable bonds is 5. The lowest BCUT2D eigenvalue weighted by Gasteiger charge is -2.19. The molecule has 1 aromatic heterocycles. The van der Waals surface area contributed by atoms with Gasteiger partial charge in [0.25, 0.3) is 0 Å². The summed E-state index contributed by atoms with van der Waals surface area (Å²) in [5.41, 5.74) is 2.91. The standard InChI is InChI=1S/C19H21ClN4O/c20-19-18-17(22-12-23-19)15(8-21-18)10-24-9-14(16(25)11-24)7-6-13-4-2-1-3-5-13/h1-5,8,12,14-16,25H,6-7,9-11H2/t14-,15?,16-/m0/s1. The zero-order valence-electron chi connectivity index (χ0n) is 13.9. The molecule has 25 heavy (non-hydrogen) atoms. The Morgan fingerprint density at radius 3 is 2.84 bits per heavy atom. The number of aliphatic imine (C=N–C) groups is 1. The minimum Gasteiger partial charge on any atom is -0.391 e. The summed E-state index contributed by atoms with van der Waals surface area (Å²) in [5, 5.41) is 10.8. The fourth-order valence-corrected chi connectivity index (χ4v) is 3.97. The molecule has 130 valence electrons. The molecule has 1 N–H and O–H groups in total. The number of hydrogen-bond acceptors (Lipinski definition) is 5. The van der Waals surface area contributed by atoms with Crippen molar-refractivity contribution in [1.82, 2.24) is 14.9 Å². The van der Waals surface area contributed by atoms with Gasteiger partial charge < -0.3 is 5.11 Å². The normalized spacial score (nSPS) is 25.4. The molecule has 0 bridgehead atoms. The minimum atomic E-state index is -0.268. The molecule has 4 rings (SSSR count).